The Kier molecular flexibility index (Phi) is 4.98. The Balaban J connectivity index is 1.71. The third-order valence-corrected chi connectivity index (χ3v) is 6.85. The predicted molar refractivity (Wildman–Crippen MR) is 123 cm³/mol. The quantitative estimate of drug-likeness (QED) is 0.389. The first-order chi connectivity index (χ1) is 14.8. The fraction of sp³-hybridized carbons (Fsp3) is 0.0870. The molecule has 7 heteroatoms. The maximum absolute atomic E-state index is 13.1. The van der Waals surface area contributed by atoms with Crippen LogP contribution in [-0.2, 0) is 6.54 Å². The standard InChI is InChI=1S/C23H18N4OS2/c1-2-27-21(18-13-8-14-29-18)25-26-23(27)30-20-19(15-9-4-3-5-10-15)16-11-6-7-12-17(16)24-22(20)28/h3-14H,2H2,1H3,(H,24,28). The van der Waals surface area contributed by atoms with Gasteiger partial charge in [-0.3, -0.25) is 4.79 Å². The number of nitrogens with zero attached hydrogens (tertiary/aromatic N) is 3. The van der Waals surface area contributed by atoms with Gasteiger partial charge in [-0.1, -0.05) is 54.6 Å². The topological polar surface area (TPSA) is 63.6 Å². The predicted octanol–water partition coefficient (Wildman–Crippen LogP) is 5.69. The highest BCUT2D eigenvalue weighted by Gasteiger charge is 2.20. The first-order valence-corrected chi connectivity index (χ1v) is 11.3. The van der Waals surface area contributed by atoms with E-state index in [2.05, 4.69) is 26.7 Å². The van der Waals surface area contributed by atoms with E-state index in [1.807, 2.05) is 72.1 Å². The average molecular weight is 431 g/mol. The second-order valence-electron chi connectivity index (χ2n) is 6.70. The molecular formula is C23H18N4OS2. The van der Waals surface area contributed by atoms with Crippen LogP contribution in [0.25, 0.3) is 32.7 Å². The zero-order chi connectivity index (χ0) is 20.5. The third-order valence-electron chi connectivity index (χ3n) is 4.91. The van der Waals surface area contributed by atoms with Crippen molar-refractivity contribution in [3.8, 4) is 21.8 Å². The Morgan fingerprint density at radius 3 is 2.57 bits per heavy atom. The number of rotatable bonds is 5. The van der Waals surface area contributed by atoms with Crippen molar-refractivity contribution in [3.05, 3.63) is 82.5 Å². The molecule has 5 rings (SSSR count). The van der Waals surface area contributed by atoms with E-state index in [9.17, 15) is 4.79 Å². The number of thiophene rings is 1. The SMILES string of the molecule is CCn1c(Sc2c(-c3ccccc3)c3ccccc3[nH]c2=O)nnc1-c1cccs1. The van der Waals surface area contributed by atoms with Gasteiger partial charge in [0.2, 0.25) is 0 Å². The molecule has 0 saturated heterocycles. The molecule has 148 valence electrons. The van der Waals surface area contributed by atoms with Crippen molar-refractivity contribution in [2.24, 2.45) is 0 Å². The molecule has 0 unspecified atom stereocenters. The highest BCUT2D eigenvalue weighted by atomic mass is 32.2. The van der Waals surface area contributed by atoms with Gasteiger partial charge in [0, 0.05) is 23.0 Å². The van der Waals surface area contributed by atoms with Gasteiger partial charge in [0.05, 0.1) is 9.77 Å². The smallest absolute Gasteiger partial charge is 0.263 e. The summed E-state index contributed by atoms with van der Waals surface area (Å²) in [4.78, 5) is 17.9. The number of aromatic nitrogens is 4. The summed E-state index contributed by atoms with van der Waals surface area (Å²) in [7, 11) is 0. The third kappa shape index (κ3) is 3.26. The molecule has 0 amide bonds. The van der Waals surface area contributed by atoms with Crippen molar-refractivity contribution in [2.75, 3.05) is 0 Å². The number of nitrogens with one attached hydrogen (secondary N) is 1. The van der Waals surface area contributed by atoms with Crippen molar-refractivity contribution in [1.82, 2.24) is 19.7 Å². The lowest BCUT2D eigenvalue weighted by molar-refractivity contribution is 0.688. The van der Waals surface area contributed by atoms with Crippen LogP contribution < -0.4 is 5.56 Å². The van der Waals surface area contributed by atoms with E-state index in [1.165, 1.54) is 11.8 Å². The van der Waals surface area contributed by atoms with Crippen LogP contribution in [0.4, 0.5) is 0 Å². The summed E-state index contributed by atoms with van der Waals surface area (Å²) >= 11 is 3.00. The van der Waals surface area contributed by atoms with Crippen LogP contribution in [0.5, 0.6) is 0 Å². The van der Waals surface area contributed by atoms with Crippen molar-refractivity contribution in [1.29, 1.82) is 0 Å². The number of para-hydroxylation sites is 1. The highest BCUT2D eigenvalue weighted by molar-refractivity contribution is 7.99. The molecule has 5 nitrogen and oxygen atoms in total. The molecule has 0 saturated carbocycles. The normalized spacial score (nSPS) is 11.2. The second-order valence-corrected chi connectivity index (χ2v) is 8.62. The molecule has 0 bridgehead atoms. The molecule has 1 N–H and O–H groups in total. The van der Waals surface area contributed by atoms with Gasteiger partial charge >= 0.3 is 0 Å². The van der Waals surface area contributed by atoms with Gasteiger partial charge in [-0.25, -0.2) is 0 Å². The van der Waals surface area contributed by atoms with E-state index < -0.39 is 0 Å². The van der Waals surface area contributed by atoms with Crippen LogP contribution in [0.15, 0.2) is 87.0 Å². The molecule has 0 atom stereocenters. The minimum atomic E-state index is -0.124. The first-order valence-electron chi connectivity index (χ1n) is 9.61. The maximum Gasteiger partial charge on any atom is 0.263 e. The van der Waals surface area contributed by atoms with Crippen LogP contribution in [0.2, 0.25) is 0 Å². The number of benzene rings is 2. The van der Waals surface area contributed by atoms with E-state index in [-0.39, 0.29) is 5.56 Å². The number of fused-ring (bicyclic) bond motifs is 1. The fourth-order valence-electron chi connectivity index (χ4n) is 3.54. The summed E-state index contributed by atoms with van der Waals surface area (Å²) in [6, 6.07) is 22.0. The van der Waals surface area contributed by atoms with Gasteiger partial charge in [-0.2, -0.15) is 0 Å². The van der Waals surface area contributed by atoms with Gasteiger partial charge in [0.15, 0.2) is 11.0 Å². The number of pyridine rings is 1. The van der Waals surface area contributed by atoms with E-state index in [4.69, 9.17) is 0 Å². The van der Waals surface area contributed by atoms with Gasteiger partial charge in [-0.15, -0.1) is 21.5 Å². The van der Waals surface area contributed by atoms with Crippen LogP contribution in [0.1, 0.15) is 6.92 Å². The van der Waals surface area contributed by atoms with Crippen molar-refractivity contribution >= 4 is 34.0 Å². The lowest BCUT2D eigenvalue weighted by Crippen LogP contribution is -2.11. The monoisotopic (exact) mass is 430 g/mol. The Hall–Kier alpha value is -3.16. The van der Waals surface area contributed by atoms with Gasteiger partial charge in [0.1, 0.15) is 0 Å². The molecule has 0 radical (unpaired) electrons. The lowest BCUT2D eigenvalue weighted by Gasteiger charge is -2.13. The van der Waals surface area contributed by atoms with Crippen LogP contribution in [-0.4, -0.2) is 19.7 Å². The zero-order valence-corrected chi connectivity index (χ0v) is 17.8. The zero-order valence-electron chi connectivity index (χ0n) is 16.2. The van der Waals surface area contributed by atoms with Crippen molar-refractivity contribution in [2.45, 2.75) is 23.5 Å². The maximum atomic E-state index is 13.1. The molecule has 3 aromatic heterocycles. The highest BCUT2D eigenvalue weighted by Crippen LogP contribution is 2.38. The number of hydrogen-bond donors (Lipinski definition) is 1. The Morgan fingerprint density at radius 1 is 1.00 bits per heavy atom. The molecular weight excluding hydrogens is 412 g/mol. The summed E-state index contributed by atoms with van der Waals surface area (Å²) in [6.07, 6.45) is 0. The summed E-state index contributed by atoms with van der Waals surface area (Å²) < 4.78 is 2.06. The molecule has 0 spiro atoms. The lowest BCUT2D eigenvalue weighted by atomic mass is 10.0. The molecule has 0 fully saturated rings. The first kappa shape index (κ1) is 18.8. The molecule has 3 heterocycles. The largest absolute Gasteiger partial charge is 0.321 e. The van der Waals surface area contributed by atoms with Crippen LogP contribution in [0, 0.1) is 0 Å². The minimum absolute atomic E-state index is 0.124. The van der Waals surface area contributed by atoms with Gasteiger partial charge in [-0.05, 0) is 41.8 Å². The summed E-state index contributed by atoms with van der Waals surface area (Å²) in [6.45, 7) is 2.78. The van der Waals surface area contributed by atoms with Crippen molar-refractivity contribution in [3.63, 3.8) is 0 Å². The summed E-state index contributed by atoms with van der Waals surface area (Å²) in [5, 5.41) is 12.6. The molecule has 5 aromatic rings. The van der Waals surface area contributed by atoms with Gasteiger partial charge < -0.3 is 9.55 Å². The molecule has 2 aromatic carbocycles. The summed E-state index contributed by atoms with van der Waals surface area (Å²) in [5.74, 6) is 0.827. The molecule has 0 aliphatic heterocycles. The molecule has 0 aliphatic carbocycles. The Bertz CT molecular complexity index is 1370. The Labute approximate surface area is 181 Å². The van der Waals surface area contributed by atoms with E-state index in [1.54, 1.807) is 11.3 Å². The van der Waals surface area contributed by atoms with E-state index in [0.29, 0.717) is 16.6 Å². The Morgan fingerprint density at radius 2 is 1.80 bits per heavy atom. The minimum Gasteiger partial charge on any atom is -0.321 e. The van der Waals surface area contributed by atoms with Crippen LogP contribution >= 0.6 is 23.1 Å². The van der Waals surface area contributed by atoms with Crippen LogP contribution in [0.3, 0.4) is 0 Å². The van der Waals surface area contributed by atoms with Gasteiger partial charge in [0.25, 0.3) is 5.56 Å². The summed E-state index contributed by atoms with van der Waals surface area (Å²) in [5.41, 5.74) is 2.62. The van der Waals surface area contributed by atoms with E-state index in [0.717, 1.165) is 32.7 Å². The number of H-pyrrole nitrogens is 1. The average Bonchev–Trinajstić information content (AvgIpc) is 3.44. The molecule has 0 aliphatic rings. The number of aromatic amines is 1. The van der Waals surface area contributed by atoms with E-state index >= 15 is 0 Å². The molecule has 30 heavy (non-hydrogen) atoms. The number of hydrogen-bond acceptors (Lipinski definition) is 5. The second kappa shape index (κ2) is 7.93. The fourth-order valence-corrected chi connectivity index (χ4v) is 5.32. The van der Waals surface area contributed by atoms with Crippen molar-refractivity contribution < 1.29 is 0 Å².